The van der Waals surface area contributed by atoms with Gasteiger partial charge in [0.2, 0.25) is 0 Å². The second kappa shape index (κ2) is 6.25. The number of hydrogen-bond donors (Lipinski definition) is 1. The Morgan fingerprint density at radius 3 is 2.57 bits per heavy atom. The highest BCUT2D eigenvalue weighted by Gasteiger charge is 2.27. The van der Waals surface area contributed by atoms with E-state index >= 15 is 0 Å². The maximum atomic E-state index is 12.1. The highest BCUT2D eigenvalue weighted by molar-refractivity contribution is 6.15. The molecule has 110 valence electrons. The first-order valence-corrected chi connectivity index (χ1v) is 7.97. The first-order chi connectivity index (χ1) is 10.3. The molecule has 2 aliphatic rings. The highest BCUT2D eigenvalue weighted by Crippen LogP contribution is 2.27. The molecule has 1 aliphatic carbocycles. The van der Waals surface area contributed by atoms with Crippen molar-refractivity contribution in [3.8, 4) is 0 Å². The number of amides is 1. The fourth-order valence-electron chi connectivity index (χ4n) is 3.06. The number of benzene rings is 1. The van der Waals surface area contributed by atoms with Gasteiger partial charge in [-0.2, -0.15) is 0 Å². The average Bonchev–Trinajstić information content (AvgIpc) is 2.90. The monoisotopic (exact) mass is 282 g/mol. The van der Waals surface area contributed by atoms with Crippen molar-refractivity contribution >= 4 is 17.8 Å². The van der Waals surface area contributed by atoms with Crippen molar-refractivity contribution in [2.75, 3.05) is 0 Å². The molecular weight excluding hydrogens is 260 g/mol. The van der Waals surface area contributed by atoms with Gasteiger partial charge in [0.15, 0.2) is 0 Å². The van der Waals surface area contributed by atoms with Gasteiger partial charge in [-0.15, -0.1) is 0 Å². The number of nitrogens with zero attached hydrogens (tertiary/aromatic N) is 1. The van der Waals surface area contributed by atoms with E-state index in [1.807, 2.05) is 18.2 Å². The number of carbonyl (C=O) groups is 1. The van der Waals surface area contributed by atoms with Crippen molar-refractivity contribution in [3.63, 3.8) is 0 Å². The summed E-state index contributed by atoms with van der Waals surface area (Å²) >= 11 is 0. The summed E-state index contributed by atoms with van der Waals surface area (Å²) in [4.78, 5) is 16.6. The Balaban J connectivity index is 1.78. The lowest BCUT2D eigenvalue weighted by atomic mass is 9.88. The van der Waals surface area contributed by atoms with E-state index in [2.05, 4.69) is 29.4 Å². The van der Waals surface area contributed by atoms with Gasteiger partial charge >= 0.3 is 0 Å². The van der Waals surface area contributed by atoms with Crippen LogP contribution in [0.3, 0.4) is 0 Å². The largest absolute Gasteiger partial charge is 0.308 e. The second-order valence-corrected chi connectivity index (χ2v) is 5.91. The number of amidine groups is 1. The van der Waals surface area contributed by atoms with Crippen LogP contribution in [0.1, 0.15) is 50.2 Å². The molecule has 1 aromatic rings. The first kappa shape index (κ1) is 14.1. The first-order valence-electron chi connectivity index (χ1n) is 7.97. The van der Waals surface area contributed by atoms with Gasteiger partial charge in [-0.3, -0.25) is 4.79 Å². The van der Waals surface area contributed by atoms with Crippen LogP contribution in [0, 0.1) is 5.92 Å². The van der Waals surface area contributed by atoms with Crippen molar-refractivity contribution in [2.45, 2.75) is 45.4 Å². The predicted octanol–water partition coefficient (Wildman–Crippen LogP) is 3.70. The number of carbonyl (C=O) groups excluding carboxylic acids is 1. The van der Waals surface area contributed by atoms with Crippen LogP contribution >= 0.6 is 0 Å². The Bertz CT molecular complexity index is 578. The molecule has 1 amide bonds. The van der Waals surface area contributed by atoms with Gasteiger partial charge in [-0.05, 0) is 36.5 Å². The van der Waals surface area contributed by atoms with E-state index in [0.717, 1.165) is 30.7 Å². The summed E-state index contributed by atoms with van der Waals surface area (Å²) in [5.41, 5.74) is 2.88. The topological polar surface area (TPSA) is 41.5 Å². The molecule has 3 rings (SSSR count). The van der Waals surface area contributed by atoms with E-state index in [9.17, 15) is 4.79 Å². The van der Waals surface area contributed by atoms with E-state index in [1.165, 1.54) is 24.8 Å². The smallest absolute Gasteiger partial charge is 0.275 e. The van der Waals surface area contributed by atoms with E-state index in [0.29, 0.717) is 11.6 Å². The van der Waals surface area contributed by atoms with Crippen LogP contribution in [0.4, 0.5) is 0 Å². The van der Waals surface area contributed by atoms with E-state index in [1.54, 1.807) is 0 Å². The minimum absolute atomic E-state index is 0.0601. The number of hydrogen-bond acceptors (Lipinski definition) is 2. The molecule has 0 radical (unpaired) electrons. The third-order valence-corrected chi connectivity index (χ3v) is 4.40. The average molecular weight is 282 g/mol. The third-order valence-electron chi connectivity index (χ3n) is 4.40. The van der Waals surface area contributed by atoms with E-state index < -0.39 is 0 Å². The molecule has 0 bridgehead atoms. The van der Waals surface area contributed by atoms with Gasteiger partial charge < -0.3 is 5.32 Å². The predicted molar refractivity (Wildman–Crippen MR) is 85.9 cm³/mol. The summed E-state index contributed by atoms with van der Waals surface area (Å²) in [5, 5.41) is 2.96. The van der Waals surface area contributed by atoms with Gasteiger partial charge in [0.05, 0.1) is 0 Å². The standard InChI is InChI=1S/C18H22N2O/c1-2-13-8-10-14(11-9-13)12-16-18(21)20-17(19-16)15-6-4-3-5-7-15/h8-12,15H,2-7H2,1H3,(H,19,20,21)/b16-12+. The third kappa shape index (κ3) is 3.23. The number of nitrogens with one attached hydrogen (secondary N) is 1. The van der Waals surface area contributed by atoms with Gasteiger partial charge in [0.25, 0.3) is 5.91 Å². The second-order valence-electron chi connectivity index (χ2n) is 5.91. The molecule has 1 heterocycles. The van der Waals surface area contributed by atoms with Gasteiger partial charge in [-0.1, -0.05) is 50.5 Å². The summed E-state index contributed by atoms with van der Waals surface area (Å²) in [6.45, 7) is 2.14. The number of rotatable bonds is 3. The number of aliphatic imine (C=N–C) groups is 1. The highest BCUT2D eigenvalue weighted by atomic mass is 16.2. The lowest BCUT2D eigenvalue weighted by Crippen LogP contribution is -2.31. The van der Waals surface area contributed by atoms with Crippen LogP contribution in [-0.2, 0) is 11.2 Å². The van der Waals surface area contributed by atoms with Gasteiger partial charge in [-0.25, -0.2) is 4.99 Å². The molecule has 1 saturated carbocycles. The molecular formula is C18H22N2O. The van der Waals surface area contributed by atoms with Crippen LogP contribution in [0.15, 0.2) is 35.0 Å². The molecule has 0 saturated heterocycles. The summed E-state index contributed by atoms with van der Waals surface area (Å²) < 4.78 is 0. The quantitative estimate of drug-likeness (QED) is 0.844. The van der Waals surface area contributed by atoms with Crippen molar-refractivity contribution in [1.29, 1.82) is 0 Å². The van der Waals surface area contributed by atoms with Crippen LogP contribution in [0.25, 0.3) is 6.08 Å². The van der Waals surface area contributed by atoms with Gasteiger partial charge in [0.1, 0.15) is 11.5 Å². The van der Waals surface area contributed by atoms with Crippen LogP contribution in [0.5, 0.6) is 0 Å². The molecule has 1 aromatic carbocycles. The fourth-order valence-corrected chi connectivity index (χ4v) is 3.06. The van der Waals surface area contributed by atoms with Crippen molar-refractivity contribution < 1.29 is 4.79 Å². The Hall–Kier alpha value is -1.90. The SMILES string of the molecule is CCc1ccc(/C=C2/N=C(C3CCCCC3)NC2=O)cc1. The van der Waals surface area contributed by atoms with Crippen LogP contribution in [-0.4, -0.2) is 11.7 Å². The van der Waals surface area contributed by atoms with Crippen molar-refractivity contribution in [3.05, 3.63) is 41.1 Å². The molecule has 3 nitrogen and oxygen atoms in total. The maximum absolute atomic E-state index is 12.1. The summed E-state index contributed by atoms with van der Waals surface area (Å²) in [7, 11) is 0. The van der Waals surface area contributed by atoms with Crippen LogP contribution in [0.2, 0.25) is 0 Å². The molecule has 1 aliphatic heterocycles. The Morgan fingerprint density at radius 2 is 1.90 bits per heavy atom. The molecule has 1 N–H and O–H groups in total. The molecule has 0 atom stereocenters. The summed E-state index contributed by atoms with van der Waals surface area (Å²) in [6.07, 6.45) is 9.01. The number of aryl methyl sites for hydroxylation is 1. The van der Waals surface area contributed by atoms with Crippen LogP contribution < -0.4 is 5.32 Å². The molecule has 3 heteroatoms. The molecule has 21 heavy (non-hydrogen) atoms. The molecule has 0 unspecified atom stereocenters. The normalized spacial score (nSPS) is 21.5. The zero-order valence-electron chi connectivity index (χ0n) is 12.6. The van der Waals surface area contributed by atoms with Crippen molar-refractivity contribution in [1.82, 2.24) is 5.32 Å². The lowest BCUT2D eigenvalue weighted by Gasteiger charge is -2.20. The zero-order chi connectivity index (χ0) is 14.7. The minimum atomic E-state index is -0.0601. The Morgan fingerprint density at radius 1 is 1.19 bits per heavy atom. The summed E-state index contributed by atoms with van der Waals surface area (Å²) in [5.74, 6) is 1.27. The Kier molecular flexibility index (Phi) is 4.18. The van der Waals surface area contributed by atoms with Gasteiger partial charge in [0, 0.05) is 5.92 Å². The fraction of sp³-hybridized carbons (Fsp3) is 0.444. The zero-order valence-corrected chi connectivity index (χ0v) is 12.6. The minimum Gasteiger partial charge on any atom is -0.308 e. The molecule has 1 fully saturated rings. The Labute approximate surface area is 126 Å². The lowest BCUT2D eigenvalue weighted by molar-refractivity contribution is -0.115. The molecule has 0 aromatic heterocycles. The molecule has 0 spiro atoms. The maximum Gasteiger partial charge on any atom is 0.275 e. The van der Waals surface area contributed by atoms with E-state index in [4.69, 9.17) is 0 Å². The summed E-state index contributed by atoms with van der Waals surface area (Å²) in [6, 6.07) is 8.30. The van der Waals surface area contributed by atoms with Crippen molar-refractivity contribution in [2.24, 2.45) is 10.9 Å². The van der Waals surface area contributed by atoms with E-state index in [-0.39, 0.29) is 5.91 Å².